The van der Waals surface area contributed by atoms with Crippen LogP contribution in [0.4, 0.5) is 0 Å². The summed E-state index contributed by atoms with van der Waals surface area (Å²) in [5.74, 6) is 0.0556. The molecule has 3 nitrogen and oxygen atoms in total. The van der Waals surface area contributed by atoms with E-state index in [-0.39, 0.29) is 0 Å². The molecule has 0 bridgehead atoms. The molecule has 2 rings (SSSR count). The summed E-state index contributed by atoms with van der Waals surface area (Å²) in [6.45, 7) is 13.7. The SMILES string of the molecule is CC[Si](CC)(CC)OOC1(O[Si](CC)(CC)CC)CCC(c2ccccc2)CC1. The molecule has 0 heterocycles. The first-order valence-electron chi connectivity index (χ1n) is 12.1. The minimum Gasteiger partial charge on any atom is -0.388 e. The van der Waals surface area contributed by atoms with Gasteiger partial charge in [0.2, 0.25) is 8.32 Å². The molecular formula is C24H44O3Si2. The molecule has 1 fully saturated rings. The molecule has 0 atom stereocenters. The van der Waals surface area contributed by atoms with Crippen LogP contribution in [0.15, 0.2) is 30.3 Å². The summed E-state index contributed by atoms with van der Waals surface area (Å²) in [5.41, 5.74) is 1.45. The topological polar surface area (TPSA) is 27.7 Å². The van der Waals surface area contributed by atoms with Crippen molar-refractivity contribution in [2.24, 2.45) is 0 Å². The highest BCUT2D eigenvalue weighted by atomic mass is 28.4. The van der Waals surface area contributed by atoms with Crippen LogP contribution in [-0.2, 0) is 13.9 Å². The molecule has 5 heteroatoms. The maximum atomic E-state index is 7.04. The van der Waals surface area contributed by atoms with E-state index in [9.17, 15) is 0 Å². The molecule has 0 aromatic heterocycles. The predicted octanol–water partition coefficient (Wildman–Crippen LogP) is 8.02. The van der Waals surface area contributed by atoms with Crippen LogP contribution >= 0.6 is 0 Å². The quantitative estimate of drug-likeness (QED) is 0.144. The lowest BCUT2D eigenvalue weighted by atomic mass is 9.81. The van der Waals surface area contributed by atoms with Crippen molar-refractivity contribution in [2.75, 3.05) is 0 Å². The van der Waals surface area contributed by atoms with Gasteiger partial charge in [0.1, 0.15) is 0 Å². The van der Waals surface area contributed by atoms with Crippen LogP contribution in [0.25, 0.3) is 0 Å². The first-order chi connectivity index (χ1) is 14.0. The molecule has 0 saturated heterocycles. The van der Waals surface area contributed by atoms with E-state index < -0.39 is 22.4 Å². The van der Waals surface area contributed by atoms with Gasteiger partial charge in [-0.05, 0) is 60.6 Å². The second kappa shape index (κ2) is 11.2. The molecule has 0 spiro atoms. The molecule has 1 aliphatic rings. The predicted molar refractivity (Wildman–Crippen MR) is 128 cm³/mol. The second-order valence-corrected chi connectivity index (χ2v) is 18.2. The summed E-state index contributed by atoms with van der Waals surface area (Å²) in [4.78, 5) is 6.43. The third kappa shape index (κ3) is 6.04. The lowest BCUT2D eigenvalue weighted by molar-refractivity contribution is -0.377. The Kier molecular flexibility index (Phi) is 9.61. The monoisotopic (exact) mass is 436 g/mol. The van der Waals surface area contributed by atoms with Gasteiger partial charge in [-0.15, -0.1) is 0 Å². The highest BCUT2D eigenvalue weighted by Crippen LogP contribution is 2.44. The van der Waals surface area contributed by atoms with E-state index in [1.54, 1.807) is 0 Å². The Morgan fingerprint density at radius 1 is 0.759 bits per heavy atom. The Hall–Kier alpha value is -0.466. The van der Waals surface area contributed by atoms with Gasteiger partial charge >= 0.3 is 0 Å². The maximum Gasteiger partial charge on any atom is 0.238 e. The normalized spacial score (nSPS) is 23.3. The first kappa shape index (κ1) is 24.8. The van der Waals surface area contributed by atoms with Crippen molar-refractivity contribution in [1.82, 2.24) is 0 Å². The lowest BCUT2D eigenvalue weighted by Gasteiger charge is -2.46. The highest BCUT2D eigenvalue weighted by Gasteiger charge is 2.47. The Balaban J connectivity index is 2.20. The number of benzene rings is 1. The van der Waals surface area contributed by atoms with E-state index in [1.807, 2.05) is 0 Å². The van der Waals surface area contributed by atoms with Crippen LogP contribution in [-0.4, -0.2) is 22.4 Å². The van der Waals surface area contributed by atoms with Crippen molar-refractivity contribution in [3.63, 3.8) is 0 Å². The van der Waals surface area contributed by atoms with E-state index in [4.69, 9.17) is 13.9 Å². The number of hydrogen-bond acceptors (Lipinski definition) is 3. The molecule has 1 aromatic carbocycles. The second-order valence-electron chi connectivity index (χ2n) is 8.85. The van der Waals surface area contributed by atoms with Gasteiger partial charge < -0.3 is 4.43 Å². The fraction of sp³-hybridized carbons (Fsp3) is 0.750. The average molecular weight is 437 g/mol. The van der Waals surface area contributed by atoms with Crippen molar-refractivity contribution in [1.29, 1.82) is 0 Å². The average Bonchev–Trinajstić information content (AvgIpc) is 2.80. The van der Waals surface area contributed by atoms with E-state index in [2.05, 4.69) is 71.9 Å². The molecular weight excluding hydrogens is 392 g/mol. The van der Waals surface area contributed by atoms with E-state index >= 15 is 0 Å². The molecule has 1 aromatic rings. The minimum atomic E-state index is -1.82. The zero-order valence-corrected chi connectivity index (χ0v) is 21.8. The Morgan fingerprint density at radius 2 is 1.24 bits per heavy atom. The molecule has 166 valence electrons. The fourth-order valence-electron chi connectivity index (χ4n) is 4.77. The smallest absolute Gasteiger partial charge is 0.238 e. The third-order valence-electron chi connectivity index (χ3n) is 7.66. The summed E-state index contributed by atoms with van der Waals surface area (Å²) in [6.07, 6.45) is 4.08. The Labute approximate surface area is 181 Å². The highest BCUT2D eigenvalue weighted by molar-refractivity contribution is 6.74. The van der Waals surface area contributed by atoms with E-state index in [1.165, 1.54) is 5.56 Å². The fourth-order valence-corrected chi connectivity index (χ4v) is 9.91. The molecule has 0 amide bonds. The Morgan fingerprint density at radius 3 is 1.69 bits per heavy atom. The number of rotatable bonds is 12. The van der Waals surface area contributed by atoms with Crippen LogP contribution in [0.2, 0.25) is 36.3 Å². The summed E-state index contributed by atoms with van der Waals surface area (Å²) in [6, 6.07) is 17.7. The minimum absolute atomic E-state index is 0.544. The van der Waals surface area contributed by atoms with E-state index in [0.29, 0.717) is 5.92 Å². The number of hydrogen-bond donors (Lipinski definition) is 0. The van der Waals surface area contributed by atoms with Crippen LogP contribution in [0.1, 0.15) is 78.7 Å². The summed E-state index contributed by atoms with van der Waals surface area (Å²) in [7, 11) is -3.62. The van der Waals surface area contributed by atoms with E-state index in [0.717, 1.165) is 61.9 Å². The largest absolute Gasteiger partial charge is 0.388 e. The standard InChI is InChI=1S/C24H44O3Si2/c1-7-28(8-2,9-3)26-24(25-27-29(10-4,11-5)12-6)20-18-23(19-21-24)22-16-14-13-15-17-22/h13-17,23H,7-12,18-21H2,1-6H3. The molecule has 0 N–H and O–H groups in total. The maximum absolute atomic E-state index is 7.04. The molecule has 1 aliphatic carbocycles. The summed E-state index contributed by atoms with van der Waals surface area (Å²) in [5, 5.41) is 0. The van der Waals surface area contributed by atoms with Gasteiger partial charge in [0, 0.05) is 12.8 Å². The summed E-state index contributed by atoms with van der Waals surface area (Å²) < 4.78 is 13.4. The third-order valence-corrected chi connectivity index (χ3v) is 16.6. The van der Waals surface area contributed by atoms with Gasteiger partial charge in [-0.1, -0.05) is 71.9 Å². The van der Waals surface area contributed by atoms with Gasteiger partial charge in [0.25, 0.3) is 0 Å². The van der Waals surface area contributed by atoms with Crippen LogP contribution in [0, 0.1) is 0 Å². The van der Waals surface area contributed by atoms with Crippen LogP contribution in [0.3, 0.4) is 0 Å². The molecule has 29 heavy (non-hydrogen) atoms. The van der Waals surface area contributed by atoms with Gasteiger partial charge in [0.05, 0.1) is 0 Å². The van der Waals surface area contributed by atoms with Crippen molar-refractivity contribution >= 4 is 16.6 Å². The summed E-state index contributed by atoms with van der Waals surface area (Å²) >= 11 is 0. The van der Waals surface area contributed by atoms with Crippen molar-refractivity contribution in [3.05, 3.63) is 35.9 Å². The zero-order valence-electron chi connectivity index (χ0n) is 19.8. The molecule has 0 radical (unpaired) electrons. The van der Waals surface area contributed by atoms with Crippen molar-refractivity contribution < 1.29 is 13.9 Å². The van der Waals surface area contributed by atoms with Crippen molar-refractivity contribution in [2.45, 2.75) is 115 Å². The first-order valence-corrected chi connectivity index (χ1v) is 17.1. The van der Waals surface area contributed by atoms with Gasteiger partial charge in [-0.2, -0.15) is 0 Å². The molecule has 1 saturated carbocycles. The van der Waals surface area contributed by atoms with Gasteiger partial charge in [-0.25, -0.2) is 4.89 Å². The zero-order chi connectivity index (χ0) is 21.4. The van der Waals surface area contributed by atoms with Crippen LogP contribution in [0.5, 0.6) is 0 Å². The lowest BCUT2D eigenvalue weighted by Crippen LogP contribution is -2.52. The van der Waals surface area contributed by atoms with Gasteiger partial charge in [0.15, 0.2) is 14.1 Å². The van der Waals surface area contributed by atoms with Gasteiger partial charge in [-0.3, -0.25) is 4.58 Å². The Bertz CT molecular complexity index is 561. The molecule has 0 aliphatic heterocycles. The van der Waals surface area contributed by atoms with Crippen molar-refractivity contribution in [3.8, 4) is 0 Å². The molecule has 0 unspecified atom stereocenters. The van der Waals surface area contributed by atoms with Crippen LogP contribution < -0.4 is 0 Å².